The Balaban J connectivity index is 1.96. The molecule has 1 fully saturated rings. The van der Waals surface area contributed by atoms with Crippen LogP contribution in [0.4, 0.5) is 11.4 Å². The number of rotatable bonds is 5. The highest BCUT2D eigenvalue weighted by Gasteiger charge is 2.16. The van der Waals surface area contributed by atoms with Crippen LogP contribution in [0, 0.1) is 17.0 Å². The summed E-state index contributed by atoms with van der Waals surface area (Å²) in [6.07, 6.45) is 3.52. The minimum atomic E-state index is -0.457. The van der Waals surface area contributed by atoms with Crippen molar-refractivity contribution in [1.29, 1.82) is 0 Å². The molecule has 1 saturated heterocycles. The Kier molecular flexibility index (Phi) is 4.61. The number of aryl methyl sites for hydroxylation is 1. The number of nitrogens with zero attached hydrogens (tertiary/aromatic N) is 1. The third kappa shape index (κ3) is 3.58. The Morgan fingerprint density at radius 3 is 3.00 bits per heavy atom. The molecule has 1 heterocycles. The Hall–Kier alpha value is -1.33. The van der Waals surface area contributed by atoms with E-state index >= 15 is 0 Å². The number of hydrogen-bond donors (Lipinski definition) is 2. The zero-order valence-electron chi connectivity index (χ0n) is 10.9. The molecule has 1 aromatic carbocycles. The molecule has 0 aromatic heterocycles. The average Bonchev–Trinajstić information content (AvgIpc) is 2.85. The Morgan fingerprint density at radius 2 is 2.37 bits per heavy atom. The van der Waals surface area contributed by atoms with E-state index in [0.29, 0.717) is 6.04 Å². The summed E-state index contributed by atoms with van der Waals surface area (Å²) < 4.78 is 0. The maximum atomic E-state index is 10.8. The van der Waals surface area contributed by atoms with E-state index in [4.69, 9.17) is 11.6 Å². The van der Waals surface area contributed by atoms with Crippen molar-refractivity contribution >= 4 is 23.0 Å². The van der Waals surface area contributed by atoms with Crippen LogP contribution in [0.1, 0.15) is 24.8 Å². The molecule has 5 nitrogen and oxygen atoms in total. The van der Waals surface area contributed by atoms with E-state index in [1.54, 1.807) is 6.07 Å². The van der Waals surface area contributed by atoms with Crippen LogP contribution >= 0.6 is 11.6 Å². The van der Waals surface area contributed by atoms with Gasteiger partial charge in [-0.15, -0.1) is 0 Å². The van der Waals surface area contributed by atoms with Crippen LogP contribution < -0.4 is 10.6 Å². The number of hydrogen-bond acceptors (Lipinski definition) is 4. The lowest BCUT2D eigenvalue weighted by molar-refractivity contribution is -0.384. The predicted octanol–water partition coefficient (Wildman–Crippen LogP) is 3.11. The molecular formula is C13H18ClN3O2. The van der Waals surface area contributed by atoms with Gasteiger partial charge >= 0.3 is 0 Å². The molecule has 1 aliphatic heterocycles. The van der Waals surface area contributed by atoms with Gasteiger partial charge < -0.3 is 10.6 Å². The molecule has 1 aliphatic rings. The molecule has 0 amide bonds. The largest absolute Gasteiger partial charge is 0.385 e. The topological polar surface area (TPSA) is 67.2 Å². The molecule has 104 valence electrons. The fourth-order valence-electron chi connectivity index (χ4n) is 2.38. The fourth-order valence-corrected chi connectivity index (χ4v) is 2.61. The first-order chi connectivity index (χ1) is 9.08. The summed E-state index contributed by atoms with van der Waals surface area (Å²) in [5, 5.41) is 17.7. The first kappa shape index (κ1) is 14.1. The number of halogens is 1. The standard InChI is InChI=1S/C13H18ClN3O2/c1-9-7-13(17(18)19)11(14)8-12(9)16-6-4-10-3-2-5-15-10/h7-8,10,15-16H,2-6H2,1H3/t10-/m0/s1. The summed E-state index contributed by atoms with van der Waals surface area (Å²) in [6.45, 7) is 3.79. The lowest BCUT2D eigenvalue weighted by Crippen LogP contribution is -2.24. The highest BCUT2D eigenvalue weighted by molar-refractivity contribution is 6.33. The van der Waals surface area contributed by atoms with Crippen molar-refractivity contribution in [1.82, 2.24) is 5.32 Å². The van der Waals surface area contributed by atoms with E-state index in [1.165, 1.54) is 18.9 Å². The Labute approximate surface area is 117 Å². The highest BCUT2D eigenvalue weighted by atomic mass is 35.5. The van der Waals surface area contributed by atoms with E-state index in [2.05, 4.69) is 10.6 Å². The summed E-state index contributed by atoms with van der Waals surface area (Å²) >= 11 is 5.91. The summed E-state index contributed by atoms with van der Waals surface area (Å²) in [7, 11) is 0. The molecule has 1 atom stereocenters. The van der Waals surface area contributed by atoms with Gasteiger partial charge in [0.25, 0.3) is 5.69 Å². The summed E-state index contributed by atoms with van der Waals surface area (Å²) in [4.78, 5) is 10.3. The van der Waals surface area contributed by atoms with Crippen molar-refractivity contribution in [2.75, 3.05) is 18.4 Å². The van der Waals surface area contributed by atoms with Crippen molar-refractivity contribution < 1.29 is 4.92 Å². The van der Waals surface area contributed by atoms with Gasteiger partial charge in [-0.3, -0.25) is 10.1 Å². The summed E-state index contributed by atoms with van der Waals surface area (Å²) in [6, 6.07) is 3.73. The molecule has 0 saturated carbocycles. The van der Waals surface area contributed by atoms with Crippen LogP contribution in [0.3, 0.4) is 0 Å². The Morgan fingerprint density at radius 1 is 1.58 bits per heavy atom. The molecule has 0 bridgehead atoms. The van der Waals surface area contributed by atoms with E-state index in [0.717, 1.165) is 30.8 Å². The molecular weight excluding hydrogens is 266 g/mol. The normalized spacial score (nSPS) is 18.5. The van der Waals surface area contributed by atoms with Gasteiger partial charge in [0.2, 0.25) is 0 Å². The molecule has 1 aromatic rings. The molecule has 0 spiro atoms. The molecule has 0 radical (unpaired) electrons. The molecule has 2 N–H and O–H groups in total. The van der Waals surface area contributed by atoms with Crippen molar-refractivity contribution in [2.45, 2.75) is 32.2 Å². The zero-order valence-corrected chi connectivity index (χ0v) is 11.7. The maximum Gasteiger partial charge on any atom is 0.288 e. The fraction of sp³-hybridized carbons (Fsp3) is 0.538. The van der Waals surface area contributed by atoms with Gasteiger partial charge in [-0.2, -0.15) is 0 Å². The molecule has 6 heteroatoms. The van der Waals surface area contributed by atoms with Crippen molar-refractivity contribution in [3.63, 3.8) is 0 Å². The first-order valence-corrected chi connectivity index (χ1v) is 6.87. The number of anilines is 1. The summed E-state index contributed by atoms with van der Waals surface area (Å²) in [5.74, 6) is 0. The molecule has 0 unspecified atom stereocenters. The summed E-state index contributed by atoms with van der Waals surface area (Å²) in [5.41, 5.74) is 1.67. The predicted molar refractivity (Wildman–Crippen MR) is 77.0 cm³/mol. The van der Waals surface area contributed by atoms with Crippen LogP contribution in [-0.4, -0.2) is 24.1 Å². The number of nitrogens with one attached hydrogen (secondary N) is 2. The van der Waals surface area contributed by atoms with Crippen molar-refractivity contribution in [3.8, 4) is 0 Å². The molecule has 0 aliphatic carbocycles. The third-order valence-electron chi connectivity index (χ3n) is 3.46. The van der Waals surface area contributed by atoms with Gasteiger partial charge in [-0.1, -0.05) is 11.6 Å². The maximum absolute atomic E-state index is 10.8. The third-order valence-corrected chi connectivity index (χ3v) is 3.76. The highest BCUT2D eigenvalue weighted by Crippen LogP contribution is 2.30. The minimum Gasteiger partial charge on any atom is -0.385 e. The van der Waals surface area contributed by atoms with E-state index < -0.39 is 4.92 Å². The number of benzene rings is 1. The van der Waals surface area contributed by atoms with Crippen LogP contribution in [0.5, 0.6) is 0 Å². The lowest BCUT2D eigenvalue weighted by atomic mass is 10.1. The smallest absolute Gasteiger partial charge is 0.288 e. The van der Waals surface area contributed by atoms with Crippen molar-refractivity contribution in [3.05, 3.63) is 32.8 Å². The van der Waals surface area contributed by atoms with Crippen LogP contribution in [-0.2, 0) is 0 Å². The minimum absolute atomic E-state index is 0.0397. The van der Waals surface area contributed by atoms with Gasteiger partial charge in [0, 0.05) is 24.3 Å². The lowest BCUT2D eigenvalue weighted by Gasteiger charge is -2.13. The second-order valence-corrected chi connectivity index (χ2v) is 5.29. The van der Waals surface area contributed by atoms with Crippen molar-refractivity contribution in [2.24, 2.45) is 0 Å². The monoisotopic (exact) mass is 283 g/mol. The number of nitro groups is 1. The molecule has 2 rings (SSSR count). The van der Waals surface area contributed by atoms with Gasteiger partial charge in [-0.25, -0.2) is 0 Å². The van der Waals surface area contributed by atoms with Crippen LogP contribution in [0.2, 0.25) is 5.02 Å². The second-order valence-electron chi connectivity index (χ2n) is 4.88. The van der Waals surface area contributed by atoms with E-state index in [1.807, 2.05) is 6.92 Å². The van der Waals surface area contributed by atoms with E-state index in [9.17, 15) is 10.1 Å². The van der Waals surface area contributed by atoms with E-state index in [-0.39, 0.29) is 10.7 Å². The second kappa shape index (κ2) is 6.21. The van der Waals surface area contributed by atoms with Gasteiger partial charge in [-0.05, 0) is 44.4 Å². The zero-order chi connectivity index (χ0) is 13.8. The SMILES string of the molecule is Cc1cc([N+](=O)[O-])c(Cl)cc1NCC[C@@H]1CCCN1. The molecule has 19 heavy (non-hydrogen) atoms. The van der Waals surface area contributed by atoms with Gasteiger partial charge in [0.05, 0.1) is 4.92 Å². The van der Waals surface area contributed by atoms with Gasteiger partial charge in [0.1, 0.15) is 5.02 Å². The Bertz CT molecular complexity index is 473. The van der Waals surface area contributed by atoms with Gasteiger partial charge in [0.15, 0.2) is 0 Å². The first-order valence-electron chi connectivity index (χ1n) is 6.49. The van der Waals surface area contributed by atoms with Crippen LogP contribution in [0.15, 0.2) is 12.1 Å². The average molecular weight is 284 g/mol. The quantitative estimate of drug-likeness (QED) is 0.644. The number of nitro benzene ring substituents is 1. The van der Waals surface area contributed by atoms with Crippen LogP contribution in [0.25, 0.3) is 0 Å².